The van der Waals surface area contributed by atoms with Gasteiger partial charge in [0.25, 0.3) is 5.91 Å². The molecule has 3 rings (SSSR count). The van der Waals surface area contributed by atoms with Crippen LogP contribution in [0.15, 0.2) is 23.7 Å². The summed E-state index contributed by atoms with van der Waals surface area (Å²) in [6.07, 6.45) is 5.70. The lowest BCUT2D eigenvalue weighted by molar-refractivity contribution is -0.119. The first kappa shape index (κ1) is 16.0. The van der Waals surface area contributed by atoms with Crippen LogP contribution in [0.1, 0.15) is 33.6 Å². The number of esters is 1. The Balaban J connectivity index is 1.58. The largest absolute Gasteiger partial charge is 0.452 e. The molecule has 0 radical (unpaired) electrons. The molecule has 120 valence electrons. The molecule has 0 aliphatic heterocycles. The van der Waals surface area contributed by atoms with E-state index in [1.165, 1.54) is 11.1 Å². The van der Waals surface area contributed by atoms with Gasteiger partial charge >= 0.3 is 5.97 Å². The third-order valence-electron chi connectivity index (χ3n) is 3.65. The van der Waals surface area contributed by atoms with Crippen molar-refractivity contribution in [3.8, 4) is 0 Å². The fraction of sp³-hybridized carbons (Fsp3) is 0.312. The number of fused-ring (bicyclic) bond motifs is 1. The smallest absolute Gasteiger partial charge is 0.339 e. The lowest BCUT2D eigenvalue weighted by atomic mass is 9.96. The molecule has 0 spiro atoms. The average molecular weight is 351 g/mol. The molecule has 1 aliphatic carbocycles. The first-order valence-electron chi connectivity index (χ1n) is 7.32. The molecule has 23 heavy (non-hydrogen) atoms. The van der Waals surface area contributed by atoms with Crippen molar-refractivity contribution in [2.24, 2.45) is 0 Å². The molecule has 2 aromatic heterocycles. The first-order chi connectivity index (χ1) is 11.1. The average Bonchev–Trinajstić information content (AvgIpc) is 2.99. The number of nitrogens with one attached hydrogen (secondary N) is 1. The minimum absolute atomic E-state index is 0.194. The SMILES string of the molecule is O=C(COC(=O)c1csc2c1CCCC2)Nc1cccnc1Cl. The van der Waals surface area contributed by atoms with Crippen molar-refractivity contribution in [1.29, 1.82) is 0 Å². The number of thiophene rings is 1. The van der Waals surface area contributed by atoms with E-state index in [1.54, 1.807) is 23.5 Å². The number of aromatic nitrogens is 1. The summed E-state index contributed by atoms with van der Waals surface area (Å²) < 4.78 is 5.12. The van der Waals surface area contributed by atoms with Crippen LogP contribution in [0.2, 0.25) is 5.15 Å². The molecule has 5 nitrogen and oxygen atoms in total. The zero-order chi connectivity index (χ0) is 16.2. The standard InChI is InChI=1S/C16H15ClN2O3S/c17-15-12(5-3-7-18-15)19-14(20)8-22-16(21)11-9-23-13-6-2-1-4-10(11)13/h3,5,7,9H,1-2,4,6,8H2,(H,19,20). The maximum atomic E-state index is 12.2. The summed E-state index contributed by atoms with van der Waals surface area (Å²) in [4.78, 5) is 29.1. The highest BCUT2D eigenvalue weighted by Crippen LogP contribution is 2.30. The third kappa shape index (κ3) is 3.71. The predicted octanol–water partition coefficient (Wildman–Crippen LogP) is 3.47. The molecule has 0 saturated heterocycles. The molecule has 0 fully saturated rings. The fourth-order valence-electron chi connectivity index (χ4n) is 2.54. The molecule has 0 saturated carbocycles. The number of carbonyl (C=O) groups excluding carboxylic acids is 2. The van der Waals surface area contributed by atoms with Crippen LogP contribution in [0.25, 0.3) is 0 Å². The van der Waals surface area contributed by atoms with E-state index in [2.05, 4.69) is 10.3 Å². The van der Waals surface area contributed by atoms with Crippen LogP contribution in [0.4, 0.5) is 5.69 Å². The Morgan fingerprint density at radius 1 is 1.35 bits per heavy atom. The van der Waals surface area contributed by atoms with Crippen LogP contribution in [-0.4, -0.2) is 23.5 Å². The number of halogens is 1. The minimum atomic E-state index is -0.447. The third-order valence-corrected chi connectivity index (χ3v) is 5.04. The molecule has 2 heterocycles. The van der Waals surface area contributed by atoms with Crippen molar-refractivity contribution in [3.05, 3.63) is 44.9 Å². The van der Waals surface area contributed by atoms with E-state index in [-0.39, 0.29) is 11.8 Å². The quantitative estimate of drug-likeness (QED) is 0.677. The number of amides is 1. The number of pyridine rings is 1. The second kappa shape index (κ2) is 7.10. The second-order valence-corrected chi connectivity index (χ2v) is 6.55. The second-order valence-electron chi connectivity index (χ2n) is 5.22. The van der Waals surface area contributed by atoms with Crippen LogP contribution in [-0.2, 0) is 22.4 Å². The maximum Gasteiger partial charge on any atom is 0.339 e. The Bertz CT molecular complexity index is 745. The van der Waals surface area contributed by atoms with Gasteiger partial charge in [-0.1, -0.05) is 11.6 Å². The zero-order valence-electron chi connectivity index (χ0n) is 12.3. The van der Waals surface area contributed by atoms with E-state index in [0.29, 0.717) is 11.3 Å². The predicted molar refractivity (Wildman–Crippen MR) is 89.1 cm³/mol. The van der Waals surface area contributed by atoms with Gasteiger partial charge in [0.1, 0.15) is 0 Å². The van der Waals surface area contributed by atoms with E-state index in [9.17, 15) is 9.59 Å². The van der Waals surface area contributed by atoms with Gasteiger partial charge < -0.3 is 10.1 Å². The van der Waals surface area contributed by atoms with Gasteiger partial charge in [-0.25, -0.2) is 9.78 Å². The summed E-state index contributed by atoms with van der Waals surface area (Å²) >= 11 is 7.45. The number of rotatable bonds is 4. The van der Waals surface area contributed by atoms with Crippen molar-refractivity contribution in [2.75, 3.05) is 11.9 Å². The van der Waals surface area contributed by atoms with Crippen LogP contribution in [0, 0.1) is 0 Å². The fourth-order valence-corrected chi connectivity index (χ4v) is 3.82. The molecule has 1 amide bonds. The molecule has 1 aliphatic rings. The molecule has 0 atom stereocenters. The van der Waals surface area contributed by atoms with E-state index in [0.717, 1.165) is 31.2 Å². The molecule has 0 aromatic carbocycles. The van der Waals surface area contributed by atoms with Crippen LogP contribution in [0.5, 0.6) is 0 Å². The Kier molecular flexibility index (Phi) is 4.93. The molecule has 0 unspecified atom stereocenters. The highest BCUT2D eigenvalue weighted by molar-refractivity contribution is 7.10. The van der Waals surface area contributed by atoms with Crippen molar-refractivity contribution >= 4 is 40.5 Å². The Labute approximate surface area is 142 Å². The van der Waals surface area contributed by atoms with E-state index in [1.807, 2.05) is 5.38 Å². The number of carbonyl (C=O) groups is 2. The molecule has 2 aromatic rings. The normalized spacial score (nSPS) is 13.3. The van der Waals surface area contributed by atoms with Gasteiger partial charge in [-0.05, 0) is 43.4 Å². The Hall–Kier alpha value is -1.92. The van der Waals surface area contributed by atoms with Gasteiger partial charge in [0.2, 0.25) is 0 Å². The van der Waals surface area contributed by atoms with Crippen molar-refractivity contribution in [2.45, 2.75) is 25.7 Å². The maximum absolute atomic E-state index is 12.2. The van der Waals surface area contributed by atoms with Gasteiger partial charge in [-0.2, -0.15) is 0 Å². The van der Waals surface area contributed by atoms with Gasteiger partial charge in [0, 0.05) is 16.5 Å². The number of hydrogen-bond acceptors (Lipinski definition) is 5. The summed E-state index contributed by atoms with van der Waals surface area (Å²) in [7, 11) is 0. The molecular weight excluding hydrogens is 336 g/mol. The minimum Gasteiger partial charge on any atom is -0.452 e. The summed E-state index contributed by atoms with van der Waals surface area (Å²) in [5.41, 5.74) is 2.07. The number of ether oxygens (including phenoxy) is 1. The molecule has 7 heteroatoms. The van der Waals surface area contributed by atoms with Crippen molar-refractivity contribution < 1.29 is 14.3 Å². The van der Waals surface area contributed by atoms with E-state index >= 15 is 0 Å². The summed E-state index contributed by atoms with van der Waals surface area (Å²) in [5, 5.41) is 4.59. The van der Waals surface area contributed by atoms with E-state index in [4.69, 9.17) is 16.3 Å². The number of nitrogens with zero attached hydrogens (tertiary/aromatic N) is 1. The highest BCUT2D eigenvalue weighted by atomic mass is 35.5. The van der Waals surface area contributed by atoms with Crippen LogP contribution in [0.3, 0.4) is 0 Å². The van der Waals surface area contributed by atoms with Gasteiger partial charge in [-0.3, -0.25) is 4.79 Å². The number of anilines is 1. The molecule has 1 N–H and O–H groups in total. The lowest BCUT2D eigenvalue weighted by Crippen LogP contribution is -2.21. The molecular formula is C16H15ClN2O3S. The van der Waals surface area contributed by atoms with E-state index < -0.39 is 11.9 Å². The Morgan fingerprint density at radius 2 is 2.17 bits per heavy atom. The van der Waals surface area contributed by atoms with Crippen LogP contribution >= 0.6 is 22.9 Å². The van der Waals surface area contributed by atoms with Gasteiger partial charge in [0.05, 0.1) is 11.3 Å². The summed E-state index contributed by atoms with van der Waals surface area (Å²) in [5.74, 6) is -0.894. The lowest BCUT2D eigenvalue weighted by Gasteiger charge is -2.12. The summed E-state index contributed by atoms with van der Waals surface area (Å²) in [6, 6.07) is 3.29. The summed E-state index contributed by atoms with van der Waals surface area (Å²) in [6.45, 7) is -0.353. The first-order valence-corrected chi connectivity index (χ1v) is 8.57. The monoisotopic (exact) mass is 350 g/mol. The highest BCUT2D eigenvalue weighted by Gasteiger charge is 2.21. The van der Waals surface area contributed by atoms with Crippen LogP contribution < -0.4 is 5.32 Å². The van der Waals surface area contributed by atoms with Gasteiger partial charge in [0.15, 0.2) is 11.8 Å². The van der Waals surface area contributed by atoms with Gasteiger partial charge in [-0.15, -0.1) is 11.3 Å². The topological polar surface area (TPSA) is 68.3 Å². The number of aryl methyl sites for hydroxylation is 1. The zero-order valence-corrected chi connectivity index (χ0v) is 13.9. The number of hydrogen-bond donors (Lipinski definition) is 1. The Morgan fingerprint density at radius 3 is 3.00 bits per heavy atom. The van der Waals surface area contributed by atoms with Crippen molar-refractivity contribution in [1.82, 2.24) is 4.98 Å². The molecule has 0 bridgehead atoms. The van der Waals surface area contributed by atoms with Crippen molar-refractivity contribution in [3.63, 3.8) is 0 Å².